The predicted molar refractivity (Wildman–Crippen MR) is 109 cm³/mol. The number of anilines is 2. The summed E-state index contributed by atoms with van der Waals surface area (Å²) in [4.78, 5) is 11.1. The van der Waals surface area contributed by atoms with E-state index in [0.717, 1.165) is 42.7 Å². The number of nitrogens with one attached hydrogen (secondary N) is 1. The summed E-state index contributed by atoms with van der Waals surface area (Å²) in [5.41, 5.74) is 5.59. The number of hydrogen-bond donors (Lipinski definition) is 1. The van der Waals surface area contributed by atoms with Crippen molar-refractivity contribution in [3.8, 4) is 6.07 Å². The molecule has 5 heteroatoms. The highest BCUT2D eigenvalue weighted by Crippen LogP contribution is 2.30. The second-order valence-corrected chi connectivity index (χ2v) is 6.94. The zero-order valence-electron chi connectivity index (χ0n) is 15.7. The van der Waals surface area contributed by atoms with Crippen LogP contribution in [0.15, 0.2) is 42.7 Å². The number of fused-ring (bicyclic) bond motifs is 2. The Bertz CT molecular complexity index is 1020. The summed E-state index contributed by atoms with van der Waals surface area (Å²) in [5.74, 6) is 0.805. The Morgan fingerprint density at radius 1 is 1.07 bits per heavy atom. The molecular formula is C22H23N5. The van der Waals surface area contributed by atoms with Gasteiger partial charge < -0.3 is 10.2 Å². The van der Waals surface area contributed by atoms with E-state index in [1.54, 1.807) is 12.4 Å². The van der Waals surface area contributed by atoms with Gasteiger partial charge in [0.15, 0.2) is 0 Å². The molecule has 0 spiro atoms. The number of hydrogen-bond acceptors (Lipinski definition) is 5. The van der Waals surface area contributed by atoms with Crippen molar-refractivity contribution in [1.82, 2.24) is 9.97 Å². The lowest BCUT2D eigenvalue weighted by molar-refractivity contribution is 0.769. The summed E-state index contributed by atoms with van der Waals surface area (Å²) in [7, 11) is 0. The summed E-state index contributed by atoms with van der Waals surface area (Å²) >= 11 is 0. The van der Waals surface area contributed by atoms with Crippen molar-refractivity contribution in [2.45, 2.75) is 32.7 Å². The normalized spacial score (nSPS) is 15.4. The highest BCUT2D eigenvalue weighted by atomic mass is 15.1. The average molecular weight is 357 g/mol. The number of aromatic nitrogens is 2. The van der Waals surface area contributed by atoms with Crippen LogP contribution in [0.5, 0.6) is 0 Å². The Hall–Kier alpha value is -3.13. The van der Waals surface area contributed by atoms with E-state index in [1.165, 1.54) is 16.8 Å². The molecule has 4 rings (SSSR count). The minimum atomic E-state index is 0.302. The molecule has 27 heavy (non-hydrogen) atoms. The maximum Gasteiger partial charge on any atom is 0.137 e. The number of benzene rings is 2. The molecule has 0 aliphatic heterocycles. The molecule has 0 radical (unpaired) electrons. The molecule has 0 saturated heterocycles. The van der Waals surface area contributed by atoms with Gasteiger partial charge in [0.05, 0.1) is 17.1 Å². The predicted octanol–water partition coefficient (Wildman–Crippen LogP) is 3.93. The maximum absolute atomic E-state index is 9.19. The Morgan fingerprint density at radius 2 is 1.89 bits per heavy atom. The van der Waals surface area contributed by atoms with E-state index >= 15 is 0 Å². The number of nitrogens with zero attached hydrogens (tertiary/aromatic N) is 4. The first kappa shape index (κ1) is 17.3. The maximum atomic E-state index is 9.19. The minimum Gasteiger partial charge on any atom is -0.372 e. The van der Waals surface area contributed by atoms with Gasteiger partial charge in [0.25, 0.3) is 0 Å². The molecule has 1 atom stereocenters. The summed E-state index contributed by atoms with van der Waals surface area (Å²) in [5, 5.41) is 13.7. The van der Waals surface area contributed by atoms with Crippen molar-refractivity contribution in [1.29, 1.82) is 5.26 Å². The van der Waals surface area contributed by atoms with Crippen molar-refractivity contribution < 1.29 is 0 Å². The zero-order chi connectivity index (χ0) is 18.8. The van der Waals surface area contributed by atoms with E-state index in [-0.39, 0.29) is 0 Å². The lowest BCUT2D eigenvalue weighted by Gasteiger charge is -2.21. The van der Waals surface area contributed by atoms with Gasteiger partial charge in [-0.15, -0.1) is 0 Å². The van der Waals surface area contributed by atoms with Gasteiger partial charge in [-0.3, -0.25) is 0 Å². The van der Waals surface area contributed by atoms with Gasteiger partial charge in [-0.05, 0) is 68.1 Å². The quantitative estimate of drug-likeness (QED) is 0.749. The van der Waals surface area contributed by atoms with Crippen molar-refractivity contribution in [3.05, 3.63) is 59.4 Å². The Balaban J connectivity index is 1.58. The number of nitriles is 1. The molecule has 0 amide bonds. The van der Waals surface area contributed by atoms with Gasteiger partial charge in [0.1, 0.15) is 12.1 Å². The smallest absolute Gasteiger partial charge is 0.137 e. The van der Waals surface area contributed by atoms with E-state index < -0.39 is 0 Å². The van der Waals surface area contributed by atoms with Crippen LogP contribution >= 0.6 is 0 Å². The molecule has 1 aromatic heterocycles. The molecule has 1 N–H and O–H groups in total. The molecule has 1 heterocycles. The first-order chi connectivity index (χ1) is 13.2. The molecular weight excluding hydrogens is 334 g/mol. The molecule has 136 valence electrons. The van der Waals surface area contributed by atoms with Crippen molar-refractivity contribution >= 4 is 22.4 Å². The fraction of sp³-hybridized carbons (Fsp3) is 0.318. The SMILES string of the molecule is CCN(CC)c1ccc2c(c1)CC(Nc1ncnc3ccc(C#N)cc13)C2. The third-order valence-electron chi connectivity index (χ3n) is 5.36. The van der Waals surface area contributed by atoms with Gasteiger partial charge in [-0.1, -0.05) is 6.07 Å². The van der Waals surface area contributed by atoms with Crippen molar-refractivity contribution in [2.24, 2.45) is 0 Å². The molecule has 5 nitrogen and oxygen atoms in total. The van der Waals surface area contributed by atoms with Crippen LogP contribution in [0.25, 0.3) is 10.9 Å². The van der Waals surface area contributed by atoms with Crippen LogP contribution in [-0.2, 0) is 12.8 Å². The summed E-state index contributed by atoms with van der Waals surface area (Å²) in [6.45, 7) is 6.42. The van der Waals surface area contributed by atoms with Gasteiger partial charge in [-0.2, -0.15) is 5.26 Å². The first-order valence-electron chi connectivity index (χ1n) is 9.50. The van der Waals surface area contributed by atoms with Crippen LogP contribution in [0, 0.1) is 11.3 Å². The van der Waals surface area contributed by atoms with Crippen molar-refractivity contribution in [3.63, 3.8) is 0 Å². The second kappa shape index (κ2) is 7.24. The summed E-state index contributed by atoms with van der Waals surface area (Å²) < 4.78 is 0. The highest BCUT2D eigenvalue weighted by Gasteiger charge is 2.23. The van der Waals surface area contributed by atoms with Crippen LogP contribution < -0.4 is 10.2 Å². The highest BCUT2D eigenvalue weighted by molar-refractivity contribution is 5.90. The monoisotopic (exact) mass is 357 g/mol. The topological polar surface area (TPSA) is 64.8 Å². The average Bonchev–Trinajstić information content (AvgIpc) is 3.10. The van der Waals surface area contributed by atoms with Crippen LogP contribution in [-0.4, -0.2) is 29.1 Å². The van der Waals surface area contributed by atoms with Crippen LogP contribution in [0.4, 0.5) is 11.5 Å². The van der Waals surface area contributed by atoms with Gasteiger partial charge >= 0.3 is 0 Å². The third-order valence-corrected chi connectivity index (χ3v) is 5.36. The van der Waals surface area contributed by atoms with Gasteiger partial charge in [0, 0.05) is 30.2 Å². The lowest BCUT2D eigenvalue weighted by Crippen LogP contribution is -2.22. The van der Waals surface area contributed by atoms with Crippen LogP contribution in [0.3, 0.4) is 0 Å². The van der Waals surface area contributed by atoms with E-state index in [2.05, 4.69) is 58.3 Å². The third kappa shape index (κ3) is 3.31. The van der Waals surface area contributed by atoms with E-state index in [9.17, 15) is 5.26 Å². The van der Waals surface area contributed by atoms with Crippen LogP contribution in [0.2, 0.25) is 0 Å². The van der Waals surface area contributed by atoms with E-state index in [4.69, 9.17) is 0 Å². The molecule has 3 aromatic rings. The molecule has 0 saturated carbocycles. The van der Waals surface area contributed by atoms with Gasteiger partial charge in [-0.25, -0.2) is 9.97 Å². The molecule has 1 aliphatic carbocycles. The van der Waals surface area contributed by atoms with Crippen LogP contribution in [0.1, 0.15) is 30.5 Å². The summed E-state index contributed by atoms with van der Waals surface area (Å²) in [6.07, 6.45) is 3.54. The second-order valence-electron chi connectivity index (χ2n) is 6.94. The fourth-order valence-electron chi connectivity index (χ4n) is 3.93. The lowest BCUT2D eigenvalue weighted by atomic mass is 10.1. The van der Waals surface area contributed by atoms with Gasteiger partial charge in [0.2, 0.25) is 0 Å². The van der Waals surface area contributed by atoms with Crippen molar-refractivity contribution in [2.75, 3.05) is 23.3 Å². The zero-order valence-corrected chi connectivity index (χ0v) is 15.7. The Morgan fingerprint density at radius 3 is 2.67 bits per heavy atom. The fourth-order valence-corrected chi connectivity index (χ4v) is 3.93. The molecule has 1 aliphatic rings. The largest absolute Gasteiger partial charge is 0.372 e. The first-order valence-corrected chi connectivity index (χ1v) is 9.50. The number of rotatable bonds is 5. The Kier molecular flexibility index (Phi) is 4.64. The van der Waals surface area contributed by atoms with E-state index in [0.29, 0.717) is 11.6 Å². The minimum absolute atomic E-state index is 0.302. The Labute approximate surface area is 159 Å². The standard InChI is InChI=1S/C22H23N5/c1-3-27(4-2)19-7-6-16-10-18(11-17(16)12-19)26-22-20-9-15(13-23)5-8-21(20)24-14-25-22/h5-9,12,14,18H,3-4,10-11H2,1-2H3,(H,24,25,26). The summed E-state index contributed by atoms with van der Waals surface area (Å²) in [6, 6.07) is 14.8. The molecule has 1 unspecified atom stereocenters. The molecule has 0 bridgehead atoms. The molecule has 0 fully saturated rings. The van der Waals surface area contributed by atoms with E-state index in [1.807, 2.05) is 12.1 Å². The molecule has 2 aromatic carbocycles.